The fourth-order valence-electron chi connectivity index (χ4n) is 3.86. The second kappa shape index (κ2) is 6.74. The molecule has 6 nitrogen and oxygen atoms in total. The molecule has 0 bridgehead atoms. The summed E-state index contributed by atoms with van der Waals surface area (Å²) in [6.45, 7) is 6.00. The topological polar surface area (TPSA) is 81.1 Å². The predicted molar refractivity (Wildman–Crippen MR) is 98.0 cm³/mol. The van der Waals surface area contributed by atoms with Gasteiger partial charge in [0.25, 0.3) is 0 Å². The second-order valence-electron chi connectivity index (χ2n) is 8.48. The molecule has 25 heavy (non-hydrogen) atoms. The van der Waals surface area contributed by atoms with E-state index in [9.17, 15) is 13.2 Å². The minimum absolute atomic E-state index is 0.0311. The number of aromatic nitrogens is 2. The predicted octanol–water partition coefficient (Wildman–Crippen LogP) is 3.37. The van der Waals surface area contributed by atoms with E-state index in [1.807, 2.05) is 20.8 Å². The van der Waals surface area contributed by atoms with Crippen LogP contribution in [-0.4, -0.2) is 24.1 Å². The Labute approximate surface area is 150 Å². The summed E-state index contributed by atoms with van der Waals surface area (Å²) in [5.41, 5.74) is 0.929. The third-order valence-electron chi connectivity index (χ3n) is 5.19. The van der Waals surface area contributed by atoms with Crippen molar-refractivity contribution >= 4 is 21.6 Å². The Morgan fingerprint density at radius 1 is 1.20 bits per heavy atom. The van der Waals surface area contributed by atoms with Crippen molar-refractivity contribution in [3.8, 4) is 0 Å². The lowest BCUT2D eigenvalue weighted by Gasteiger charge is -2.24. The van der Waals surface area contributed by atoms with E-state index in [1.54, 1.807) is 4.68 Å². The largest absolute Gasteiger partial charge is 0.311 e. The number of hydrogen-bond donors (Lipinski definition) is 1. The van der Waals surface area contributed by atoms with E-state index in [2.05, 4.69) is 10.4 Å². The minimum atomic E-state index is -3.14. The highest BCUT2D eigenvalue weighted by molar-refractivity contribution is 7.90. The van der Waals surface area contributed by atoms with Crippen molar-refractivity contribution in [1.82, 2.24) is 9.78 Å². The van der Waals surface area contributed by atoms with E-state index in [4.69, 9.17) is 0 Å². The van der Waals surface area contributed by atoms with Crippen LogP contribution in [0, 0.1) is 5.92 Å². The minimum Gasteiger partial charge on any atom is -0.311 e. The van der Waals surface area contributed by atoms with Gasteiger partial charge >= 0.3 is 0 Å². The van der Waals surface area contributed by atoms with Gasteiger partial charge in [-0.1, -0.05) is 32.1 Å². The van der Waals surface area contributed by atoms with Crippen LogP contribution < -0.4 is 5.32 Å². The van der Waals surface area contributed by atoms with E-state index in [0.717, 1.165) is 6.42 Å². The zero-order valence-corrected chi connectivity index (χ0v) is 16.3. The lowest BCUT2D eigenvalue weighted by atomic mass is 9.86. The quantitative estimate of drug-likeness (QED) is 0.885. The highest BCUT2D eigenvalue weighted by atomic mass is 32.2. The number of rotatable bonds is 4. The maximum absolute atomic E-state index is 12.5. The van der Waals surface area contributed by atoms with Gasteiger partial charge in [-0.2, -0.15) is 5.10 Å². The van der Waals surface area contributed by atoms with Crippen molar-refractivity contribution in [2.75, 3.05) is 5.32 Å². The van der Waals surface area contributed by atoms with Crippen molar-refractivity contribution in [2.45, 2.75) is 82.8 Å². The first-order valence-electron chi connectivity index (χ1n) is 9.27. The fraction of sp³-hybridized carbons (Fsp3) is 0.778. The van der Waals surface area contributed by atoms with Crippen LogP contribution in [0.2, 0.25) is 0 Å². The molecule has 7 heteroatoms. The van der Waals surface area contributed by atoms with Crippen LogP contribution in [0.15, 0.2) is 0 Å². The molecule has 1 aliphatic carbocycles. The lowest BCUT2D eigenvalue weighted by molar-refractivity contribution is -0.116. The average molecular weight is 368 g/mol. The first-order chi connectivity index (χ1) is 11.7. The first-order valence-corrected chi connectivity index (χ1v) is 11.1. The molecule has 0 spiro atoms. The Hall–Kier alpha value is -1.37. The number of amides is 1. The molecular formula is C18H29N3O3S. The molecule has 2 heterocycles. The molecule has 0 unspecified atom stereocenters. The summed E-state index contributed by atoms with van der Waals surface area (Å²) >= 11 is 0. The average Bonchev–Trinajstić information content (AvgIpc) is 2.99. The van der Waals surface area contributed by atoms with Crippen LogP contribution in [0.5, 0.6) is 0 Å². The maximum Gasteiger partial charge on any atom is 0.225 e. The van der Waals surface area contributed by atoms with Crippen LogP contribution >= 0.6 is 0 Å². The van der Waals surface area contributed by atoms with E-state index in [0.29, 0.717) is 29.4 Å². The van der Waals surface area contributed by atoms with Gasteiger partial charge < -0.3 is 5.32 Å². The summed E-state index contributed by atoms with van der Waals surface area (Å²) in [7, 11) is -3.14. The molecule has 0 saturated heterocycles. The molecule has 1 N–H and O–H groups in total. The summed E-state index contributed by atoms with van der Waals surface area (Å²) in [6, 6.07) is 0. The van der Waals surface area contributed by atoms with Crippen molar-refractivity contribution in [2.24, 2.45) is 5.92 Å². The molecule has 3 rings (SSSR count). The molecule has 2 aliphatic rings. The van der Waals surface area contributed by atoms with Gasteiger partial charge in [0.15, 0.2) is 9.84 Å². The molecular weight excluding hydrogens is 338 g/mol. The molecule has 1 aromatic heterocycles. The van der Waals surface area contributed by atoms with Gasteiger partial charge in [0.2, 0.25) is 5.91 Å². The Kier molecular flexibility index (Phi) is 4.97. The number of anilines is 1. The van der Waals surface area contributed by atoms with Crippen molar-refractivity contribution < 1.29 is 13.2 Å². The smallest absolute Gasteiger partial charge is 0.225 e. The van der Waals surface area contributed by atoms with Crippen molar-refractivity contribution in [3.05, 3.63) is 11.3 Å². The molecule has 0 radical (unpaired) electrons. The molecule has 1 saturated carbocycles. The van der Waals surface area contributed by atoms with Gasteiger partial charge in [-0.05, 0) is 33.1 Å². The number of hydrogen-bond acceptors (Lipinski definition) is 4. The maximum atomic E-state index is 12.5. The van der Waals surface area contributed by atoms with Gasteiger partial charge in [0.1, 0.15) is 5.82 Å². The van der Waals surface area contributed by atoms with Crippen molar-refractivity contribution in [1.29, 1.82) is 0 Å². The summed E-state index contributed by atoms with van der Waals surface area (Å²) in [6.07, 6.45) is 7.70. The Morgan fingerprint density at radius 2 is 1.88 bits per heavy atom. The monoisotopic (exact) mass is 367 g/mol. The fourth-order valence-corrected chi connectivity index (χ4v) is 5.36. The normalized spacial score (nSPS) is 20.4. The van der Waals surface area contributed by atoms with Crippen LogP contribution in [0.4, 0.5) is 5.82 Å². The van der Waals surface area contributed by atoms with Crippen molar-refractivity contribution in [3.63, 3.8) is 0 Å². The van der Waals surface area contributed by atoms with Crippen LogP contribution in [0.3, 0.4) is 0 Å². The molecule has 140 valence electrons. The number of nitrogens with zero attached hydrogens (tertiary/aromatic N) is 2. The summed E-state index contributed by atoms with van der Waals surface area (Å²) in [5, 5.41) is 7.46. The van der Waals surface area contributed by atoms with E-state index in [-0.39, 0.29) is 23.0 Å². The molecule has 1 aromatic rings. The van der Waals surface area contributed by atoms with Gasteiger partial charge in [0.05, 0.1) is 22.7 Å². The Bertz CT molecular complexity index is 753. The first kappa shape index (κ1) is 18.4. The molecule has 1 aliphatic heterocycles. The van der Waals surface area contributed by atoms with Gasteiger partial charge in [-0.3, -0.25) is 4.79 Å². The molecule has 0 atom stereocenters. The molecule has 0 aromatic carbocycles. The number of fused-ring (bicyclic) bond motifs is 1. The van der Waals surface area contributed by atoms with E-state index < -0.39 is 9.84 Å². The van der Waals surface area contributed by atoms with E-state index in [1.165, 1.54) is 32.1 Å². The number of carbonyl (C=O) groups is 1. The van der Waals surface area contributed by atoms with Gasteiger partial charge in [-0.25, -0.2) is 13.1 Å². The van der Waals surface area contributed by atoms with Gasteiger partial charge in [-0.15, -0.1) is 0 Å². The highest BCUT2D eigenvalue weighted by Gasteiger charge is 2.35. The number of nitrogens with one attached hydrogen (secondary N) is 1. The Balaban J connectivity index is 1.73. The van der Waals surface area contributed by atoms with E-state index >= 15 is 0 Å². The summed E-state index contributed by atoms with van der Waals surface area (Å²) in [4.78, 5) is 12.5. The summed E-state index contributed by atoms with van der Waals surface area (Å²) < 4.78 is 25.6. The highest BCUT2D eigenvalue weighted by Crippen LogP contribution is 2.34. The Morgan fingerprint density at radius 3 is 2.52 bits per heavy atom. The second-order valence-corrected chi connectivity index (χ2v) is 10.5. The van der Waals surface area contributed by atoms with Gasteiger partial charge in [0, 0.05) is 12.0 Å². The molecule has 1 fully saturated rings. The zero-order chi connectivity index (χ0) is 18.2. The third kappa shape index (κ3) is 4.25. The summed E-state index contributed by atoms with van der Waals surface area (Å²) in [5.74, 6) is 1.12. The zero-order valence-electron chi connectivity index (χ0n) is 15.5. The van der Waals surface area contributed by atoms with Crippen LogP contribution in [0.25, 0.3) is 0 Å². The van der Waals surface area contributed by atoms with Crippen LogP contribution in [0.1, 0.15) is 77.0 Å². The standard InChI is InChI=1S/C18H29N3O3S/c1-18(2,3)21-17(14-11-25(23,24)12-15(14)20-21)19-16(22)10-9-13-7-5-4-6-8-13/h13H,4-12H2,1-3H3,(H,19,22). The number of sulfone groups is 1. The lowest BCUT2D eigenvalue weighted by Crippen LogP contribution is -2.28. The molecule has 1 amide bonds. The third-order valence-corrected chi connectivity index (χ3v) is 6.63. The SMILES string of the molecule is CC(C)(C)n1nc2c(c1NC(=O)CCC1CCCCC1)CS(=O)(=O)C2. The number of carbonyl (C=O) groups excluding carboxylic acids is 1. The van der Waals surface area contributed by atoms with Crippen LogP contribution in [-0.2, 0) is 31.7 Å².